The molecule has 0 unspecified atom stereocenters. The van der Waals surface area contributed by atoms with Gasteiger partial charge in [0.25, 0.3) is 0 Å². The molecule has 2 aromatic rings. The summed E-state index contributed by atoms with van der Waals surface area (Å²) in [4.78, 5) is 19.2. The van der Waals surface area contributed by atoms with Gasteiger partial charge in [-0.15, -0.1) is 0 Å². The number of halogens is 4. The highest BCUT2D eigenvalue weighted by Crippen LogP contribution is 2.32. The third-order valence-electron chi connectivity index (χ3n) is 2.34. The molecule has 0 saturated heterocycles. The van der Waals surface area contributed by atoms with E-state index in [1.54, 1.807) is 0 Å². The standard InChI is InChI=1S/C12H6ClF3N2O/c13-11-17-6-5-9(18-11)10(19)7-3-1-2-4-8(7)12(14,15)16/h1-6H. The Morgan fingerprint density at radius 1 is 1.16 bits per heavy atom. The zero-order chi connectivity index (χ0) is 14.0. The van der Waals surface area contributed by atoms with Gasteiger partial charge in [0.2, 0.25) is 11.1 Å². The molecule has 0 atom stereocenters. The highest BCUT2D eigenvalue weighted by molar-refractivity contribution is 6.28. The molecule has 0 spiro atoms. The maximum absolute atomic E-state index is 12.8. The van der Waals surface area contributed by atoms with Crippen LogP contribution in [0.15, 0.2) is 36.5 Å². The van der Waals surface area contributed by atoms with Crippen molar-refractivity contribution >= 4 is 17.4 Å². The Morgan fingerprint density at radius 3 is 2.47 bits per heavy atom. The number of hydrogen-bond donors (Lipinski definition) is 0. The molecular weight excluding hydrogens is 281 g/mol. The maximum Gasteiger partial charge on any atom is 0.417 e. The molecule has 0 saturated carbocycles. The smallest absolute Gasteiger partial charge is 0.287 e. The van der Waals surface area contributed by atoms with Gasteiger partial charge in [-0.25, -0.2) is 9.97 Å². The molecule has 19 heavy (non-hydrogen) atoms. The van der Waals surface area contributed by atoms with Crippen LogP contribution in [0.3, 0.4) is 0 Å². The second-order valence-electron chi connectivity index (χ2n) is 3.58. The van der Waals surface area contributed by atoms with Crippen molar-refractivity contribution in [3.8, 4) is 0 Å². The van der Waals surface area contributed by atoms with Gasteiger partial charge in [0.15, 0.2) is 0 Å². The Balaban J connectivity index is 2.51. The zero-order valence-electron chi connectivity index (χ0n) is 9.28. The summed E-state index contributed by atoms with van der Waals surface area (Å²) in [5.41, 5.74) is -1.66. The number of rotatable bonds is 2. The molecule has 98 valence electrons. The van der Waals surface area contributed by atoms with Gasteiger partial charge >= 0.3 is 6.18 Å². The van der Waals surface area contributed by atoms with Crippen LogP contribution in [-0.4, -0.2) is 15.8 Å². The van der Waals surface area contributed by atoms with E-state index in [0.717, 1.165) is 12.1 Å². The van der Waals surface area contributed by atoms with Gasteiger partial charge in [-0.05, 0) is 23.7 Å². The average Bonchev–Trinajstić information content (AvgIpc) is 2.37. The third kappa shape index (κ3) is 2.90. The molecule has 0 radical (unpaired) electrons. The molecule has 0 bridgehead atoms. The minimum Gasteiger partial charge on any atom is -0.287 e. The molecule has 2 rings (SSSR count). The summed E-state index contributed by atoms with van der Waals surface area (Å²) in [5, 5.41) is -0.199. The van der Waals surface area contributed by atoms with Gasteiger partial charge in [0.05, 0.1) is 5.56 Å². The molecule has 0 aliphatic rings. The minimum absolute atomic E-state index is 0.184. The van der Waals surface area contributed by atoms with Crippen LogP contribution in [0.25, 0.3) is 0 Å². The number of aromatic nitrogens is 2. The second-order valence-corrected chi connectivity index (χ2v) is 3.92. The van der Waals surface area contributed by atoms with Crippen LogP contribution in [0.1, 0.15) is 21.6 Å². The van der Waals surface area contributed by atoms with Gasteiger partial charge in [-0.2, -0.15) is 13.2 Å². The van der Waals surface area contributed by atoms with Crippen molar-refractivity contribution in [3.63, 3.8) is 0 Å². The molecule has 0 fully saturated rings. The van der Waals surface area contributed by atoms with E-state index in [9.17, 15) is 18.0 Å². The summed E-state index contributed by atoms with van der Waals surface area (Å²) in [6.45, 7) is 0. The lowest BCUT2D eigenvalue weighted by Gasteiger charge is -2.11. The second kappa shape index (κ2) is 4.97. The predicted molar refractivity (Wildman–Crippen MR) is 61.9 cm³/mol. The Hall–Kier alpha value is -1.95. The summed E-state index contributed by atoms with van der Waals surface area (Å²) >= 11 is 5.51. The lowest BCUT2D eigenvalue weighted by Crippen LogP contribution is -2.14. The van der Waals surface area contributed by atoms with Crippen LogP contribution < -0.4 is 0 Å². The number of nitrogens with zero attached hydrogens (tertiary/aromatic N) is 2. The van der Waals surface area contributed by atoms with E-state index in [2.05, 4.69) is 9.97 Å². The summed E-state index contributed by atoms with van der Waals surface area (Å²) in [7, 11) is 0. The first-order valence-electron chi connectivity index (χ1n) is 5.09. The van der Waals surface area contributed by atoms with E-state index in [1.165, 1.54) is 24.4 Å². The largest absolute Gasteiger partial charge is 0.417 e. The number of hydrogen-bond acceptors (Lipinski definition) is 3. The van der Waals surface area contributed by atoms with Gasteiger partial charge < -0.3 is 0 Å². The lowest BCUT2D eigenvalue weighted by atomic mass is 10.0. The van der Waals surface area contributed by atoms with Crippen molar-refractivity contribution in [2.75, 3.05) is 0 Å². The lowest BCUT2D eigenvalue weighted by molar-refractivity contribution is -0.137. The minimum atomic E-state index is -4.61. The van der Waals surface area contributed by atoms with Crippen molar-refractivity contribution in [1.29, 1.82) is 0 Å². The molecule has 0 aliphatic carbocycles. The topological polar surface area (TPSA) is 42.9 Å². The van der Waals surface area contributed by atoms with Crippen LogP contribution in [0.4, 0.5) is 13.2 Å². The van der Waals surface area contributed by atoms with E-state index < -0.39 is 23.1 Å². The molecule has 0 amide bonds. The monoisotopic (exact) mass is 286 g/mol. The van der Waals surface area contributed by atoms with Crippen LogP contribution in [-0.2, 0) is 6.18 Å². The van der Waals surface area contributed by atoms with Crippen molar-refractivity contribution in [3.05, 3.63) is 58.6 Å². The van der Waals surface area contributed by atoms with E-state index in [-0.39, 0.29) is 11.0 Å². The van der Waals surface area contributed by atoms with Gasteiger partial charge in [-0.1, -0.05) is 18.2 Å². The summed E-state index contributed by atoms with van der Waals surface area (Å²) in [6.07, 6.45) is -3.40. The number of benzene rings is 1. The Labute approximate surface area is 111 Å². The molecular formula is C12H6ClF3N2O. The fraction of sp³-hybridized carbons (Fsp3) is 0.0833. The summed E-state index contributed by atoms with van der Waals surface area (Å²) < 4.78 is 38.4. The molecule has 1 aromatic heterocycles. The number of ketones is 1. The first-order chi connectivity index (χ1) is 8.89. The fourth-order valence-corrected chi connectivity index (χ4v) is 1.68. The molecule has 0 N–H and O–H groups in total. The quantitative estimate of drug-likeness (QED) is 0.628. The number of carbonyl (C=O) groups is 1. The van der Waals surface area contributed by atoms with Crippen molar-refractivity contribution in [2.45, 2.75) is 6.18 Å². The molecule has 1 aromatic carbocycles. The van der Waals surface area contributed by atoms with Gasteiger partial charge in [0, 0.05) is 11.8 Å². The maximum atomic E-state index is 12.8. The van der Waals surface area contributed by atoms with E-state index in [0.29, 0.717) is 0 Å². The van der Waals surface area contributed by atoms with Crippen molar-refractivity contribution in [2.24, 2.45) is 0 Å². The van der Waals surface area contributed by atoms with Crippen LogP contribution in [0.2, 0.25) is 5.28 Å². The highest BCUT2D eigenvalue weighted by Gasteiger charge is 2.35. The first kappa shape index (κ1) is 13.5. The van der Waals surface area contributed by atoms with E-state index in [1.807, 2.05) is 0 Å². The van der Waals surface area contributed by atoms with Crippen LogP contribution >= 0.6 is 11.6 Å². The van der Waals surface area contributed by atoms with Crippen molar-refractivity contribution < 1.29 is 18.0 Å². The van der Waals surface area contributed by atoms with Gasteiger partial charge in [0.1, 0.15) is 5.69 Å². The fourth-order valence-electron chi connectivity index (χ4n) is 1.53. The zero-order valence-corrected chi connectivity index (χ0v) is 10.0. The molecule has 1 heterocycles. The van der Waals surface area contributed by atoms with Gasteiger partial charge in [-0.3, -0.25) is 4.79 Å². The predicted octanol–water partition coefficient (Wildman–Crippen LogP) is 3.38. The SMILES string of the molecule is O=C(c1ccnc(Cl)n1)c1ccccc1C(F)(F)F. The van der Waals surface area contributed by atoms with E-state index >= 15 is 0 Å². The third-order valence-corrected chi connectivity index (χ3v) is 2.52. The summed E-state index contributed by atoms with van der Waals surface area (Å²) in [6, 6.07) is 5.72. The van der Waals surface area contributed by atoms with E-state index in [4.69, 9.17) is 11.6 Å². The van der Waals surface area contributed by atoms with Crippen LogP contribution in [0.5, 0.6) is 0 Å². The molecule has 3 nitrogen and oxygen atoms in total. The normalized spacial score (nSPS) is 11.4. The average molecular weight is 287 g/mol. The summed E-state index contributed by atoms with van der Waals surface area (Å²) in [5.74, 6) is -0.850. The Bertz CT molecular complexity index is 628. The van der Waals surface area contributed by atoms with Crippen LogP contribution in [0, 0.1) is 0 Å². The number of alkyl halides is 3. The van der Waals surface area contributed by atoms with Crippen molar-refractivity contribution in [1.82, 2.24) is 9.97 Å². The Kier molecular flexibility index (Phi) is 3.53. The number of carbonyl (C=O) groups excluding carboxylic acids is 1. The highest BCUT2D eigenvalue weighted by atomic mass is 35.5. The molecule has 7 heteroatoms. The molecule has 0 aliphatic heterocycles. The first-order valence-corrected chi connectivity index (χ1v) is 5.47. The Morgan fingerprint density at radius 2 is 1.84 bits per heavy atom.